The predicted molar refractivity (Wildman–Crippen MR) is 54.0 cm³/mol. The SMILES string of the molecule is O=C(CC1COC1)N1CCCCCC1. The number of hydrogen-bond donors (Lipinski definition) is 0. The van der Waals surface area contributed by atoms with Crippen molar-refractivity contribution in [3.8, 4) is 0 Å². The molecule has 3 heteroatoms. The largest absolute Gasteiger partial charge is 0.381 e. The van der Waals surface area contributed by atoms with Crippen LogP contribution in [-0.2, 0) is 9.53 Å². The van der Waals surface area contributed by atoms with Crippen LogP contribution in [0.3, 0.4) is 0 Å². The molecule has 0 aromatic rings. The topological polar surface area (TPSA) is 29.5 Å². The van der Waals surface area contributed by atoms with E-state index in [9.17, 15) is 4.79 Å². The molecule has 2 heterocycles. The smallest absolute Gasteiger partial charge is 0.223 e. The summed E-state index contributed by atoms with van der Waals surface area (Å²) in [5, 5.41) is 0. The normalized spacial score (nSPS) is 24.1. The van der Waals surface area contributed by atoms with E-state index in [2.05, 4.69) is 0 Å². The summed E-state index contributed by atoms with van der Waals surface area (Å²) in [5.74, 6) is 0.853. The van der Waals surface area contributed by atoms with E-state index in [1.165, 1.54) is 25.7 Å². The Morgan fingerprint density at radius 3 is 2.29 bits per heavy atom. The van der Waals surface area contributed by atoms with Crippen molar-refractivity contribution in [2.75, 3.05) is 26.3 Å². The maximum atomic E-state index is 11.8. The van der Waals surface area contributed by atoms with Gasteiger partial charge in [0.1, 0.15) is 0 Å². The number of nitrogens with zero attached hydrogens (tertiary/aromatic N) is 1. The van der Waals surface area contributed by atoms with Gasteiger partial charge in [-0.15, -0.1) is 0 Å². The highest BCUT2D eigenvalue weighted by molar-refractivity contribution is 5.76. The lowest BCUT2D eigenvalue weighted by Gasteiger charge is -2.28. The fourth-order valence-electron chi connectivity index (χ4n) is 2.10. The molecule has 0 aromatic heterocycles. The Morgan fingerprint density at radius 2 is 1.79 bits per heavy atom. The van der Waals surface area contributed by atoms with Gasteiger partial charge in [0.2, 0.25) is 5.91 Å². The maximum Gasteiger partial charge on any atom is 0.223 e. The number of amides is 1. The van der Waals surface area contributed by atoms with E-state index in [0.717, 1.165) is 26.3 Å². The van der Waals surface area contributed by atoms with Crippen LogP contribution in [-0.4, -0.2) is 37.1 Å². The first kappa shape index (κ1) is 9.97. The lowest BCUT2D eigenvalue weighted by molar-refractivity contribution is -0.136. The molecule has 2 aliphatic heterocycles. The van der Waals surface area contributed by atoms with Crippen LogP contribution in [0.15, 0.2) is 0 Å². The standard InChI is InChI=1S/C11H19NO2/c13-11(7-10-8-14-9-10)12-5-3-1-2-4-6-12/h10H,1-9H2. The number of rotatable bonds is 2. The van der Waals surface area contributed by atoms with Crippen molar-refractivity contribution in [2.45, 2.75) is 32.1 Å². The van der Waals surface area contributed by atoms with Crippen molar-refractivity contribution in [1.82, 2.24) is 4.90 Å². The summed E-state index contributed by atoms with van der Waals surface area (Å²) in [7, 11) is 0. The minimum atomic E-state index is 0.347. The van der Waals surface area contributed by atoms with Crippen molar-refractivity contribution in [3.05, 3.63) is 0 Å². The second-order valence-corrected chi connectivity index (χ2v) is 4.40. The van der Waals surface area contributed by atoms with Crippen molar-refractivity contribution >= 4 is 5.91 Å². The summed E-state index contributed by atoms with van der Waals surface area (Å²) in [6.07, 6.45) is 5.66. The maximum absolute atomic E-state index is 11.8. The van der Waals surface area contributed by atoms with E-state index in [1.807, 2.05) is 4.90 Å². The molecule has 0 aromatic carbocycles. The van der Waals surface area contributed by atoms with E-state index in [4.69, 9.17) is 4.74 Å². The lowest BCUT2D eigenvalue weighted by Crippen LogP contribution is -2.37. The highest BCUT2D eigenvalue weighted by Crippen LogP contribution is 2.17. The average Bonchev–Trinajstić information content (AvgIpc) is 2.38. The number of carbonyl (C=O) groups excluding carboxylic acids is 1. The summed E-state index contributed by atoms with van der Waals surface area (Å²) < 4.78 is 5.08. The fourth-order valence-corrected chi connectivity index (χ4v) is 2.10. The van der Waals surface area contributed by atoms with Gasteiger partial charge in [0.05, 0.1) is 13.2 Å². The number of hydrogen-bond acceptors (Lipinski definition) is 2. The van der Waals surface area contributed by atoms with E-state index >= 15 is 0 Å². The Labute approximate surface area is 85.4 Å². The molecule has 80 valence electrons. The zero-order chi connectivity index (χ0) is 9.80. The molecule has 14 heavy (non-hydrogen) atoms. The van der Waals surface area contributed by atoms with Gasteiger partial charge >= 0.3 is 0 Å². The third-order valence-electron chi connectivity index (χ3n) is 3.13. The number of likely N-dealkylation sites (tertiary alicyclic amines) is 1. The molecule has 2 fully saturated rings. The van der Waals surface area contributed by atoms with E-state index in [-0.39, 0.29) is 0 Å². The van der Waals surface area contributed by atoms with Gasteiger partial charge in [-0.05, 0) is 12.8 Å². The average molecular weight is 197 g/mol. The molecule has 3 nitrogen and oxygen atoms in total. The highest BCUT2D eigenvalue weighted by atomic mass is 16.5. The Balaban J connectivity index is 1.76. The Morgan fingerprint density at radius 1 is 1.14 bits per heavy atom. The fraction of sp³-hybridized carbons (Fsp3) is 0.909. The molecule has 0 saturated carbocycles. The Bertz CT molecular complexity index is 193. The molecule has 2 rings (SSSR count). The van der Waals surface area contributed by atoms with Crippen LogP contribution in [0, 0.1) is 5.92 Å². The zero-order valence-corrected chi connectivity index (χ0v) is 8.71. The van der Waals surface area contributed by atoms with Crippen LogP contribution in [0.2, 0.25) is 0 Å². The molecule has 0 N–H and O–H groups in total. The van der Waals surface area contributed by atoms with Crippen LogP contribution in [0.4, 0.5) is 0 Å². The minimum absolute atomic E-state index is 0.347. The van der Waals surface area contributed by atoms with Gasteiger partial charge in [-0.2, -0.15) is 0 Å². The first-order valence-electron chi connectivity index (χ1n) is 5.72. The highest BCUT2D eigenvalue weighted by Gasteiger charge is 2.24. The molecule has 0 radical (unpaired) electrons. The zero-order valence-electron chi connectivity index (χ0n) is 8.71. The molecule has 0 unspecified atom stereocenters. The second kappa shape index (κ2) is 4.78. The summed E-state index contributed by atoms with van der Waals surface area (Å²) in [4.78, 5) is 13.9. The monoisotopic (exact) mass is 197 g/mol. The van der Waals surface area contributed by atoms with Crippen LogP contribution in [0.25, 0.3) is 0 Å². The number of ether oxygens (including phenoxy) is 1. The van der Waals surface area contributed by atoms with E-state index in [0.29, 0.717) is 18.2 Å². The molecule has 0 spiro atoms. The van der Waals surface area contributed by atoms with Gasteiger partial charge in [0, 0.05) is 25.4 Å². The first-order valence-corrected chi connectivity index (χ1v) is 5.72. The van der Waals surface area contributed by atoms with Gasteiger partial charge in [-0.25, -0.2) is 0 Å². The quantitative estimate of drug-likeness (QED) is 0.670. The van der Waals surface area contributed by atoms with Crippen LogP contribution < -0.4 is 0 Å². The second-order valence-electron chi connectivity index (χ2n) is 4.40. The molecule has 2 saturated heterocycles. The summed E-state index contributed by atoms with van der Waals surface area (Å²) in [5.41, 5.74) is 0. The summed E-state index contributed by atoms with van der Waals surface area (Å²) in [6, 6.07) is 0. The molecular weight excluding hydrogens is 178 g/mol. The van der Waals surface area contributed by atoms with Crippen LogP contribution in [0.1, 0.15) is 32.1 Å². The molecule has 0 aliphatic carbocycles. The minimum Gasteiger partial charge on any atom is -0.381 e. The van der Waals surface area contributed by atoms with E-state index in [1.54, 1.807) is 0 Å². The third-order valence-corrected chi connectivity index (χ3v) is 3.13. The van der Waals surface area contributed by atoms with Crippen molar-refractivity contribution in [1.29, 1.82) is 0 Å². The Hall–Kier alpha value is -0.570. The van der Waals surface area contributed by atoms with Crippen molar-refractivity contribution in [2.24, 2.45) is 5.92 Å². The lowest BCUT2D eigenvalue weighted by atomic mass is 10.0. The van der Waals surface area contributed by atoms with Gasteiger partial charge in [-0.3, -0.25) is 4.79 Å². The van der Waals surface area contributed by atoms with Gasteiger partial charge < -0.3 is 9.64 Å². The van der Waals surface area contributed by atoms with E-state index < -0.39 is 0 Å². The molecule has 2 aliphatic rings. The first-order chi connectivity index (χ1) is 6.86. The van der Waals surface area contributed by atoms with Crippen LogP contribution >= 0.6 is 0 Å². The van der Waals surface area contributed by atoms with Crippen molar-refractivity contribution < 1.29 is 9.53 Å². The third kappa shape index (κ3) is 2.47. The molecule has 1 amide bonds. The number of carbonyl (C=O) groups is 1. The van der Waals surface area contributed by atoms with Gasteiger partial charge in [0.25, 0.3) is 0 Å². The van der Waals surface area contributed by atoms with Gasteiger partial charge in [0.15, 0.2) is 0 Å². The van der Waals surface area contributed by atoms with Crippen molar-refractivity contribution in [3.63, 3.8) is 0 Å². The molecule has 0 atom stereocenters. The molecule has 0 bridgehead atoms. The van der Waals surface area contributed by atoms with Crippen LogP contribution in [0.5, 0.6) is 0 Å². The predicted octanol–water partition coefficient (Wildman–Crippen LogP) is 1.43. The Kier molecular flexibility index (Phi) is 3.40. The van der Waals surface area contributed by atoms with Gasteiger partial charge in [-0.1, -0.05) is 12.8 Å². The summed E-state index contributed by atoms with van der Waals surface area (Å²) >= 11 is 0. The summed E-state index contributed by atoms with van der Waals surface area (Å²) in [6.45, 7) is 3.54. The molecular formula is C11H19NO2.